The number of ether oxygens (including phenoxy) is 1. The van der Waals surface area contributed by atoms with Crippen LogP contribution in [0.2, 0.25) is 0 Å². The van der Waals surface area contributed by atoms with E-state index in [9.17, 15) is 34.1 Å². The standard InChI is InChI=1S/C19H17F5N4O5S/c20-34(21,22,23,24)12-4-2-11(3-5-12)28-7-8-32-16(19(28)31)15(29)18(30)26-10-1-6-13-14(9-10)33-27-17(13)25/h1-6,9,15-16,29H,7-8H2,(H2,25,27)(H,26,30)/t15-,16?/m1/s1. The van der Waals surface area contributed by atoms with E-state index in [0.717, 1.165) is 4.90 Å². The van der Waals surface area contributed by atoms with Gasteiger partial charge in [0.15, 0.2) is 23.6 Å². The number of carbonyl (C=O) groups excluding carboxylic acids is 2. The van der Waals surface area contributed by atoms with Crippen LogP contribution in [0.4, 0.5) is 36.6 Å². The number of halogens is 5. The molecule has 0 aliphatic carbocycles. The fraction of sp³-hybridized carbons (Fsp3) is 0.211. The Morgan fingerprint density at radius 2 is 1.85 bits per heavy atom. The number of rotatable bonds is 5. The first-order valence-corrected chi connectivity index (χ1v) is 11.5. The first kappa shape index (κ1) is 23.7. The van der Waals surface area contributed by atoms with Gasteiger partial charge in [-0.3, -0.25) is 9.59 Å². The Kier molecular flexibility index (Phi) is 5.08. The molecule has 1 saturated heterocycles. The highest BCUT2D eigenvalue weighted by molar-refractivity contribution is 8.45. The van der Waals surface area contributed by atoms with Crippen molar-refractivity contribution in [2.75, 3.05) is 29.1 Å². The molecular weight excluding hydrogens is 491 g/mol. The van der Waals surface area contributed by atoms with Gasteiger partial charge >= 0.3 is 10.2 Å². The number of hydrogen-bond donors (Lipinski definition) is 3. The summed E-state index contributed by atoms with van der Waals surface area (Å²) < 4.78 is 74.8. The van der Waals surface area contributed by atoms with Gasteiger partial charge in [0.25, 0.3) is 11.8 Å². The molecule has 3 aromatic rings. The summed E-state index contributed by atoms with van der Waals surface area (Å²) in [5.74, 6) is -1.81. The average molecular weight is 508 g/mol. The minimum Gasteiger partial charge on any atom is -0.380 e. The fourth-order valence-electron chi connectivity index (χ4n) is 3.36. The van der Waals surface area contributed by atoms with Crippen LogP contribution in [0.3, 0.4) is 0 Å². The zero-order valence-corrected chi connectivity index (χ0v) is 17.8. The summed E-state index contributed by atoms with van der Waals surface area (Å²) in [5.41, 5.74) is 5.93. The van der Waals surface area contributed by atoms with E-state index in [1.807, 2.05) is 0 Å². The number of nitrogens with one attached hydrogen (secondary N) is 1. The van der Waals surface area contributed by atoms with Gasteiger partial charge < -0.3 is 30.3 Å². The number of aliphatic hydroxyl groups excluding tert-OH is 1. The first-order valence-electron chi connectivity index (χ1n) is 9.55. The molecule has 1 fully saturated rings. The number of benzene rings is 2. The van der Waals surface area contributed by atoms with Crippen LogP contribution >= 0.6 is 10.2 Å². The van der Waals surface area contributed by atoms with E-state index in [-0.39, 0.29) is 48.1 Å². The van der Waals surface area contributed by atoms with Gasteiger partial charge in [0.1, 0.15) is 4.90 Å². The van der Waals surface area contributed by atoms with Crippen molar-refractivity contribution in [3.8, 4) is 0 Å². The van der Waals surface area contributed by atoms with E-state index in [0.29, 0.717) is 17.5 Å². The van der Waals surface area contributed by atoms with E-state index in [4.69, 9.17) is 15.0 Å². The Balaban J connectivity index is 1.49. The highest BCUT2D eigenvalue weighted by Gasteiger charge is 2.65. The Labute approximate surface area is 188 Å². The summed E-state index contributed by atoms with van der Waals surface area (Å²) in [7, 11) is -9.87. The van der Waals surface area contributed by atoms with E-state index in [1.54, 1.807) is 0 Å². The number of hydrogen-bond acceptors (Lipinski definition) is 7. The van der Waals surface area contributed by atoms with Gasteiger partial charge in [-0.1, -0.05) is 24.6 Å². The van der Waals surface area contributed by atoms with Crippen molar-refractivity contribution in [2.24, 2.45) is 0 Å². The monoisotopic (exact) mass is 508 g/mol. The molecule has 2 aromatic carbocycles. The van der Waals surface area contributed by atoms with E-state index in [2.05, 4.69) is 10.5 Å². The lowest BCUT2D eigenvalue weighted by atomic mass is 10.1. The average Bonchev–Trinajstić information content (AvgIpc) is 3.12. The topological polar surface area (TPSA) is 131 Å². The fourth-order valence-corrected chi connectivity index (χ4v) is 4.01. The second-order valence-electron chi connectivity index (χ2n) is 7.46. The molecule has 1 unspecified atom stereocenters. The van der Waals surface area contributed by atoms with E-state index < -0.39 is 39.1 Å². The van der Waals surface area contributed by atoms with Crippen LogP contribution in [0.15, 0.2) is 51.9 Å². The highest BCUT2D eigenvalue weighted by Crippen LogP contribution is 3.02. The van der Waals surface area contributed by atoms with Crippen LogP contribution in [-0.2, 0) is 14.3 Å². The third-order valence-electron chi connectivity index (χ3n) is 5.04. The largest absolute Gasteiger partial charge is 0.380 e. The number of anilines is 3. The van der Waals surface area contributed by atoms with Crippen LogP contribution in [0, 0.1) is 0 Å². The van der Waals surface area contributed by atoms with Crippen LogP contribution in [0.5, 0.6) is 0 Å². The summed E-state index contributed by atoms with van der Waals surface area (Å²) >= 11 is 0. The van der Waals surface area contributed by atoms with Gasteiger partial charge in [0, 0.05) is 24.0 Å². The Morgan fingerprint density at radius 1 is 1.18 bits per heavy atom. The lowest BCUT2D eigenvalue weighted by Gasteiger charge is -2.40. The molecule has 4 N–H and O–H groups in total. The third-order valence-corrected chi connectivity index (χ3v) is 6.20. The molecular formula is C19H17F5N4O5S. The quantitative estimate of drug-likeness (QED) is 0.447. The SMILES string of the molecule is Nc1noc2cc(NC(=O)[C@H](O)C3OCCN(c4ccc(S(F)(F)(F)(F)F)cc4)C3=O)ccc12. The number of amides is 2. The summed E-state index contributed by atoms with van der Waals surface area (Å²) in [4.78, 5) is 24.1. The number of nitrogens with zero attached hydrogens (tertiary/aromatic N) is 2. The van der Waals surface area contributed by atoms with Crippen molar-refractivity contribution in [3.63, 3.8) is 0 Å². The van der Waals surface area contributed by atoms with Crippen molar-refractivity contribution >= 4 is 50.2 Å². The number of carbonyl (C=O) groups is 2. The van der Waals surface area contributed by atoms with Gasteiger partial charge in [-0.25, -0.2) is 0 Å². The number of nitrogen functional groups attached to an aromatic ring is 1. The van der Waals surface area contributed by atoms with Crippen molar-refractivity contribution < 1.29 is 43.4 Å². The Bertz CT molecular complexity index is 1280. The minimum absolute atomic E-state index is 0.134. The molecule has 15 heteroatoms. The molecule has 184 valence electrons. The summed E-state index contributed by atoms with van der Waals surface area (Å²) in [6, 6.07) is 6.12. The van der Waals surface area contributed by atoms with Gasteiger partial charge in [0.2, 0.25) is 0 Å². The molecule has 9 nitrogen and oxygen atoms in total. The van der Waals surface area contributed by atoms with Gasteiger partial charge in [-0.2, -0.15) is 0 Å². The number of aromatic nitrogens is 1. The second kappa shape index (κ2) is 7.28. The zero-order chi connectivity index (χ0) is 25.0. The zero-order valence-electron chi connectivity index (χ0n) is 17.0. The Morgan fingerprint density at radius 3 is 2.50 bits per heavy atom. The number of morpholine rings is 1. The number of nitrogens with two attached hydrogens (primary N) is 1. The molecule has 34 heavy (non-hydrogen) atoms. The number of fused-ring (bicyclic) bond motifs is 1. The summed E-state index contributed by atoms with van der Waals surface area (Å²) in [5, 5.41) is 16.8. The van der Waals surface area contributed by atoms with Crippen LogP contribution in [0.1, 0.15) is 0 Å². The molecule has 0 saturated carbocycles. The van der Waals surface area contributed by atoms with Crippen molar-refractivity contribution in [3.05, 3.63) is 42.5 Å². The van der Waals surface area contributed by atoms with E-state index >= 15 is 0 Å². The lowest BCUT2D eigenvalue weighted by Crippen LogP contribution is -2.55. The van der Waals surface area contributed by atoms with Gasteiger partial charge in [-0.15, -0.1) is 0 Å². The highest BCUT2D eigenvalue weighted by atomic mass is 32.5. The molecule has 2 heterocycles. The molecule has 1 aromatic heterocycles. The van der Waals surface area contributed by atoms with Gasteiger partial charge in [0.05, 0.1) is 12.0 Å². The first-order chi connectivity index (χ1) is 15.6. The molecule has 4 rings (SSSR count). The molecule has 1 aliphatic heterocycles. The maximum atomic E-state index is 12.9. The maximum absolute atomic E-state index is 12.9. The molecule has 1 aliphatic rings. The van der Waals surface area contributed by atoms with Crippen molar-refractivity contribution in [1.82, 2.24) is 5.16 Å². The smallest absolute Gasteiger partial charge is 0.310 e. The molecule has 2 atom stereocenters. The molecule has 0 spiro atoms. The lowest BCUT2D eigenvalue weighted by molar-refractivity contribution is -0.150. The second-order valence-corrected chi connectivity index (χ2v) is 9.87. The van der Waals surface area contributed by atoms with Crippen LogP contribution in [0.25, 0.3) is 11.0 Å². The van der Waals surface area contributed by atoms with E-state index in [1.165, 1.54) is 18.2 Å². The normalized spacial score (nSPS) is 20.0. The van der Waals surface area contributed by atoms with Crippen molar-refractivity contribution in [2.45, 2.75) is 17.1 Å². The predicted molar refractivity (Wildman–Crippen MR) is 113 cm³/mol. The van der Waals surface area contributed by atoms with Crippen molar-refractivity contribution in [1.29, 1.82) is 0 Å². The van der Waals surface area contributed by atoms with Crippen LogP contribution < -0.4 is 16.0 Å². The molecule has 0 bridgehead atoms. The Hall–Kier alpha value is -3.43. The third kappa shape index (κ3) is 4.62. The summed E-state index contributed by atoms with van der Waals surface area (Å²) in [6.45, 7) is -0.309. The van der Waals surface area contributed by atoms with Gasteiger partial charge in [-0.05, 0) is 36.4 Å². The molecule has 0 radical (unpaired) electrons. The minimum atomic E-state index is -9.87. The van der Waals surface area contributed by atoms with Crippen LogP contribution in [-0.4, -0.2) is 47.4 Å². The predicted octanol–water partition coefficient (Wildman–Crippen LogP) is 3.80. The number of aliphatic hydroxyl groups is 1. The summed E-state index contributed by atoms with van der Waals surface area (Å²) in [6.07, 6.45) is -3.68. The maximum Gasteiger partial charge on any atom is 0.310 e. The molecule has 2 amide bonds.